The number of hydrogen-bond donors (Lipinski definition) is 1. The van der Waals surface area contributed by atoms with E-state index in [2.05, 4.69) is 10.5 Å². The van der Waals surface area contributed by atoms with E-state index in [0.29, 0.717) is 11.3 Å². The van der Waals surface area contributed by atoms with Gasteiger partial charge in [-0.3, -0.25) is 25.0 Å². The molecule has 0 bridgehead atoms. The second-order valence-electron chi connectivity index (χ2n) is 5.32. The second-order valence-corrected chi connectivity index (χ2v) is 5.32. The van der Waals surface area contributed by atoms with Crippen LogP contribution in [0, 0.1) is 20.2 Å². The lowest BCUT2D eigenvalue weighted by molar-refractivity contribution is -0.385. The number of carbonyl (C=O) groups excluding carboxylic acids is 1. The maximum atomic E-state index is 12.1. The average Bonchev–Trinajstić information content (AvgIpc) is 2.66. The molecule has 10 heteroatoms. The molecule has 0 saturated heterocycles. The number of ether oxygens (including phenoxy) is 1. The Labute approximate surface area is 153 Å². The van der Waals surface area contributed by atoms with Gasteiger partial charge in [-0.05, 0) is 32.0 Å². The highest BCUT2D eigenvalue weighted by molar-refractivity contribution is 6.01. The summed E-state index contributed by atoms with van der Waals surface area (Å²) < 4.78 is 5.21. The van der Waals surface area contributed by atoms with Crippen molar-refractivity contribution in [3.8, 4) is 5.75 Å². The molecule has 0 spiro atoms. The van der Waals surface area contributed by atoms with Gasteiger partial charge in [-0.15, -0.1) is 0 Å². The molecule has 1 N–H and O–H groups in total. The Morgan fingerprint density at radius 3 is 2.48 bits per heavy atom. The van der Waals surface area contributed by atoms with Gasteiger partial charge in [0.1, 0.15) is 0 Å². The first-order valence-electron chi connectivity index (χ1n) is 7.84. The van der Waals surface area contributed by atoms with Crippen molar-refractivity contribution < 1.29 is 19.4 Å². The van der Waals surface area contributed by atoms with E-state index in [1.807, 2.05) is 0 Å². The Kier molecular flexibility index (Phi) is 6.15. The number of amides is 1. The van der Waals surface area contributed by atoms with Crippen molar-refractivity contribution in [2.75, 3.05) is 6.61 Å². The van der Waals surface area contributed by atoms with Crippen molar-refractivity contribution in [1.29, 1.82) is 0 Å². The van der Waals surface area contributed by atoms with Crippen molar-refractivity contribution in [2.45, 2.75) is 13.8 Å². The minimum Gasteiger partial charge on any atom is -0.487 e. The van der Waals surface area contributed by atoms with Crippen LogP contribution in [-0.4, -0.2) is 28.1 Å². The standard InChI is InChI=1S/C17H16N4O6/c1-3-27-16-8-7-12(10-15(16)21(25)26)11(2)18-19-17(22)13-5-4-6-14(9-13)20(23)24/h4-10H,3H2,1-2H3,(H,19,22)/b18-11+. The largest absolute Gasteiger partial charge is 0.487 e. The number of carbonyl (C=O) groups is 1. The first kappa shape index (κ1) is 19.5. The van der Waals surface area contributed by atoms with Crippen LogP contribution >= 0.6 is 0 Å². The van der Waals surface area contributed by atoms with Crippen LogP contribution in [0.25, 0.3) is 0 Å². The Morgan fingerprint density at radius 2 is 1.85 bits per heavy atom. The van der Waals surface area contributed by atoms with Crippen molar-refractivity contribution in [2.24, 2.45) is 5.10 Å². The quantitative estimate of drug-likeness (QED) is 0.450. The fourth-order valence-corrected chi connectivity index (χ4v) is 2.19. The Bertz CT molecular complexity index is 925. The third kappa shape index (κ3) is 4.84. The number of non-ortho nitro benzene ring substituents is 1. The summed E-state index contributed by atoms with van der Waals surface area (Å²) in [6.45, 7) is 3.56. The number of nitrogens with zero attached hydrogens (tertiary/aromatic N) is 3. The van der Waals surface area contributed by atoms with E-state index in [4.69, 9.17) is 4.74 Å². The summed E-state index contributed by atoms with van der Waals surface area (Å²) in [5, 5.41) is 25.8. The molecule has 0 atom stereocenters. The van der Waals surface area contributed by atoms with Crippen LogP contribution in [0.3, 0.4) is 0 Å². The molecule has 0 heterocycles. The molecule has 0 unspecified atom stereocenters. The second kappa shape index (κ2) is 8.52. The van der Waals surface area contributed by atoms with Gasteiger partial charge in [-0.2, -0.15) is 5.10 Å². The summed E-state index contributed by atoms with van der Waals surface area (Å²) in [7, 11) is 0. The van der Waals surface area contributed by atoms with E-state index in [-0.39, 0.29) is 29.3 Å². The maximum Gasteiger partial charge on any atom is 0.311 e. The Hall–Kier alpha value is -3.82. The summed E-state index contributed by atoms with van der Waals surface area (Å²) in [6.07, 6.45) is 0. The highest BCUT2D eigenvalue weighted by atomic mass is 16.6. The van der Waals surface area contributed by atoms with Gasteiger partial charge >= 0.3 is 5.69 Å². The monoisotopic (exact) mass is 372 g/mol. The average molecular weight is 372 g/mol. The van der Waals surface area contributed by atoms with Crippen LogP contribution in [-0.2, 0) is 0 Å². The highest BCUT2D eigenvalue weighted by Crippen LogP contribution is 2.28. The van der Waals surface area contributed by atoms with Crippen LogP contribution < -0.4 is 10.2 Å². The van der Waals surface area contributed by atoms with Crippen molar-refractivity contribution >= 4 is 23.0 Å². The smallest absolute Gasteiger partial charge is 0.311 e. The third-order valence-electron chi connectivity index (χ3n) is 3.52. The maximum absolute atomic E-state index is 12.1. The lowest BCUT2D eigenvalue weighted by Crippen LogP contribution is -2.19. The number of benzene rings is 2. The molecule has 2 rings (SSSR count). The molecule has 2 aromatic carbocycles. The molecule has 140 valence electrons. The summed E-state index contributed by atoms with van der Waals surface area (Å²) in [5.41, 5.74) is 2.65. The molecular weight excluding hydrogens is 356 g/mol. The van der Waals surface area contributed by atoms with Gasteiger partial charge < -0.3 is 4.74 Å². The molecule has 0 aliphatic rings. The Morgan fingerprint density at radius 1 is 1.11 bits per heavy atom. The molecule has 0 aromatic heterocycles. The predicted molar refractivity (Wildman–Crippen MR) is 97.0 cm³/mol. The van der Waals surface area contributed by atoms with E-state index in [1.54, 1.807) is 19.9 Å². The van der Waals surface area contributed by atoms with Gasteiger partial charge in [0.15, 0.2) is 5.75 Å². The molecule has 1 amide bonds. The fraction of sp³-hybridized carbons (Fsp3) is 0.176. The topological polar surface area (TPSA) is 137 Å². The van der Waals surface area contributed by atoms with Crippen LogP contribution in [0.4, 0.5) is 11.4 Å². The van der Waals surface area contributed by atoms with Crippen LogP contribution in [0.15, 0.2) is 47.6 Å². The fourth-order valence-electron chi connectivity index (χ4n) is 2.19. The molecular formula is C17H16N4O6. The van der Waals surface area contributed by atoms with Crippen LogP contribution in [0.1, 0.15) is 29.8 Å². The molecule has 27 heavy (non-hydrogen) atoms. The highest BCUT2D eigenvalue weighted by Gasteiger charge is 2.17. The van der Waals surface area contributed by atoms with Crippen molar-refractivity contribution in [1.82, 2.24) is 5.43 Å². The normalized spacial score (nSPS) is 11.0. The predicted octanol–water partition coefficient (Wildman–Crippen LogP) is 3.06. The summed E-state index contributed by atoms with van der Waals surface area (Å²) in [4.78, 5) is 32.9. The lowest BCUT2D eigenvalue weighted by Gasteiger charge is -2.07. The molecule has 0 saturated carbocycles. The number of rotatable bonds is 7. The molecule has 0 aliphatic carbocycles. The van der Waals surface area contributed by atoms with Gasteiger partial charge in [0.05, 0.1) is 22.2 Å². The Balaban J connectivity index is 2.21. The first-order chi connectivity index (χ1) is 12.8. The van der Waals surface area contributed by atoms with Crippen molar-refractivity contribution in [3.05, 3.63) is 73.8 Å². The summed E-state index contributed by atoms with van der Waals surface area (Å²) >= 11 is 0. The van der Waals surface area contributed by atoms with Crippen LogP contribution in [0.2, 0.25) is 0 Å². The minimum atomic E-state index is -0.640. The zero-order valence-electron chi connectivity index (χ0n) is 14.5. The summed E-state index contributed by atoms with van der Waals surface area (Å²) in [6, 6.07) is 9.53. The van der Waals surface area contributed by atoms with E-state index in [0.717, 1.165) is 6.07 Å². The minimum absolute atomic E-state index is 0.0680. The van der Waals surface area contributed by atoms with Gasteiger partial charge in [-0.25, -0.2) is 5.43 Å². The SMILES string of the molecule is CCOc1ccc(/C(C)=N/NC(=O)c2cccc([N+](=O)[O-])c2)cc1[N+](=O)[O-]. The number of nitro groups is 2. The summed E-state index contributed by atoms with van der Waals surface area (Å²) in [5.74, 6) is -0.502. The van der Waals surface area contributed by atoms with Gasteiger partial charge in [0, 0.05) is 29.3 Å². The number of nitrogens with one attached hydrogen (secondary N) is 1. The number of nitro benzene ring substituents is 2. The van der Waals surface area contributed by atoms with Gasteiger partial charge in [0.2, 0.25) is 0 Å². The molecule has 0 radical (unpaired) electrons. The number of hydrazone groups is 1. The molecule has 0 fully saturated rings. The number of hydrogen-bond acceptors (Lipinski definition) is 7. The van der Waals surface area contributed by atoms with E-state index in [1.165, 1.54) is 30.3 Å². The molecule has 0 aliphatic heterocycles. The lowest BCUT2D eigenvalue weighted by atomic mass is 10.1. The zero-order chi connectivity index (χ0) is 20.0. The van der Waals surface area contributed by atoms with Gasteiger partial charge in [-0.1, -0.05) is 6.07 Å². The van der Waals surface area contributed by atoms with E-state index in [9.17, 15) is 25.0 Å². The zero-order valence-corrected chi connectivity index (χ0v) is 14.5. The van der Waals surface area contributed by atoms with Crippen LogP contribution in [0.5, 0.6) is 5.75 Å². The van der Waals surface area contributed by atoms with E-state index < -0.39 is 15.8 Å². The van der Waals surface area contributed by atoms with Gasteiger partial charge in [0.25, 0.3) is 11.6 Å². The molecule has 2 aromatic rings. The van der Waals surface area contributed by atoms with Crippen molar-refractivity contribution in [3.63, 3.8) is 0 Å². The van der Waals surface area contributed by atoms with E-state index >= 15 is 0 Å². The first-order valence-corrected chi connectivity index (χ1v) is 7.84. The third-order valence-corrected chi connectivity index (χ3v) is 3.52. The molecule has 10 nitrogen and oxygen atoms in total.